The topological polar surface area (TPSA) is 60.4 Å². The average molecular weight is 423 g/mol. The lowest BCUT2D eigenvalue weighted by Gasteiger charge is -2.18. The van der Waals surface area contributed by atoms with Gasteiger partial charge in [-0.15, -0.1) is 0 Å². The van der Waals surface area contributed by atoms with E-state index in [-0.39, 0.29) is 22.6 Å². The van der Waals surface area contributed by atoms with E-state index in [1.165, 1.54) is 0 Å². The predicted octanol–water partition coefficient (Wildman–Crippen LogP) is 6.69. The van der Waals surface area contributed by atoms with E-state index in [4.69, 9.17) is 27.9 Å². The van der Waals surface area contributed by atoms with E-state index in [0.29, 0.717) is 19.3 Å². The zero-order valence-electron chi connectivity index (χ0n) is 16.8. The summed E-state index contributed by atoms with van der Waals surface area (Å²) in [5.41, 5.74) is 0. The number of carbonyl (C=O) groups excluding carboxylic acids is 3. The summed E-state index contributed by atoms with van der Waals surface area (Å²) in [5.74, 6) is -0.0938. The Morgan fingerprint density at radius 2 is 1.07 bits per heavy atom. The summed E-state index contributed by atoms with van der Waals surface area (Å²) in [7, 11) is 0. The molecule has 0 aromatic rings. The van der Waals surface area contributed by atoms with Gasteiger partial charge in [-0.3, -0.25) is 14.4 Å². The third-order valence-corrected chi connectivity index (χ3v) is 4.93. The fraction of sp³-hybridized carbons (Fsp3) is 0.857. The van der Waals surface area contributed by atoms with Crippen LogP contribution in [0.2, 0.25) is 0 Å². The zero-order valence-corrected chi connectivity index (χ0v) is 18.3. The molecule has 0 N–H and O–H groups in total. The van der Waals surface area contributed by atoms with E-state index in [9.17, 15) is 14.4 Å². The van der Waals surface area contributed by atoms with Gasteiger partial charge in [0.15, 0.2) is 0 Å². The van der Waals surface area contributed by atoms with E-state index in [0.717, 1.165) is 83.5 Å². The fourth-order valence-corrected chi connectivity index (χ4v) is 3.31. The van der Waals surface area contributed by atoms with Crippen LogP contribution in [0.25, 0.3) is 0 Å². The minimum atomic E-state index is -0.257. The first-order valence-corrected chi connectivity index (χ1v) is 11.3. The molecule has 0 saturated heterocycles. The van der Waals surface area contributed by atoms with E-state index in [2.05, 4.69) is 0 Å². The van der Waals surface area contributed by atoms with Crippen molar-refractivity contribution in [2.75, 3.05) is 0 Å². The summed E-state index contributed by atoms with van der Waals surface area (Å²) in [4.78, 5) is 33.2. The lowest BCUT2D eigenvalue weighted by atomic mass is 10.0. The predicted molar refractivity (Wildman–Crippen MR) is 111 cm³/mol. The maximum Gasteiger partial charge on any atom is 0.306 e. The summed E-state index contributed by atoms with van der Waals surface area (Å²) in [6.07, 6.45) is 14.2. The van der Waals surface area contributed by atoms with Crippen LogP contribution in [0, 0.1) is 0 Å². The summed E-state index contributed by atoms with van der Waals surface area (Å²) in [6.45, 7) is 1.98. The van der Waals surface area contributed by atoms with Crippen molar-refractivity contribution in [1.82, 2.24) is 0 Å². The smallest absolute Gasteiger partial charge is 0.306 e. The van der Waals surface area contributed by atoms with Crippen molar-refractivity contribution >= 4 is 39.7 Å². The molecule has 0 aromatic carbocycles. The highest BCUT2D eigenvalue weighted by Gasteiger charge is 2.13. The second kappa shape index (κ2) is 18.7. The Balaban J connectivity index is 3.91. The summed E-state index contributed by atoms with van der Waals surface area (Å²) < 4.78 is 5.65. The van der Waals surface area contributed by atoms with Gasteiger partial charge in [-0.05, 0) is 68.1 Å². The van der Waals surface area contributed by atoms with Crippen molar-refractivity contribution in [2.45, 2.75) is 116 Å². The van der Waals surface area contributed by atoms with Crippen LogP contribution in [0.1, 0.15) is 110 Å². The van der Waals surface area contributed by atoms with Gasteiger partial charge < -0.3 is 4.74 Å². The standard InChI is InChI=1S/C21H36Cl2O4/c1-2-13-21(26)27-18(14-9-5-3-7-11-16-19(22)24)15-10-6-4-8-12-17-20(23)25/h18H,2-17H2,1H3. The molecule has 0 amide bonds. The minimum Gasteiger partial charge on any atom is -0.462 e. The third kappa shape index (κ3) is 19.9. The number of halogens is 2. The maximum atomic E-state index is 11.8. The van der Waals surface area contributed by atoms with Crippen molar-refractivity contribution in [3.05, 3.63) is 0 Å². The molecule has 0 saturated carbocycles. The first-order valence-electron chi connectivity index (χ1n) is 10.5. The molecular formula is C21H36Cl2O4. The van der Waals surface area contributed by atoms with E-state index in [1.54, 1.807) is 0 Å². The largest absolute Gasteiger partial charge is 0.462 e. The molecule has 0 unspecified atom stereocenters. The molecule has 0 fully saturated rings. The molecule has 0 rings (SSSR count). The van der Waals surface area contributed by atoms with E-state index >= 15 is 0 Å². The highest BCUT2D eigenvalue weighted by atomic mass is 35.5. The molecule has 0 bridgehead atoms. The number of unbranched alkanes of at least 4 members (excludes halogenated alkanes) is 8. The van der Waals surface area contributed by atoms with Crippen molar-refractivity contribution in [1.29, 1.82) is 0 Å². The Kier molecular flexibility index (Phi) is 18.3. The van der Waals surface area contributed by atoms with Crippen LogP contribution in [-0.2, 0) is 19.1 Å². The Bertz CT molecular complexity index is 385. The summed E-state index contributed by atoms with van der Waals surface area (Å²) in [5, 5.41) is -0.515. The second-order valence-electron chi connectivity index (χ2n) is 7.18. The van der Waals surface area contributed by atoms with E-state index < -0.39 is 0 Å². The van der Waals surface area contributed by atoms with Crippen molar-refractivity contribution in [3.63, 3.8) is 0 Å². The van der Waals surface area contributed by atoms with E-state index in [1.807, 2.05) is 6.92 Å². The van der Waals surface area contributed by atoms with Crippen molar-refractivity contribution < 1.29 is 19.1 Å². The van der Waals surface area contributed by atoms with Gasteiger partial charge in [-0.25, -0.2) is 0 Å². The molecule has 158 valence electrons. The summed E-state index contributed by atoms with van der Waals surface area (Å²) >= 11 is 10.7. The van der Waals surface area contributed by atoms with Gasteiger partial charge in [0.05, 0.1) is 0 Å². The quantitative estimate of drug-likeness (QED) is 0.132. The van der Waals surface area contributed by atoms with Crippen LogP contribution in [0.3, 0.4) is 0 Å². The van der Waals surface area contributed by atoms with Gasteiger partial charge in [0.1, 0.15) is 6.10 Å². The molecule has 0 atom stereocenters. The Morgan fingerprint density at radius 1 is 0.667 bits per heavy atom. The normalized spacial score (nSPS) is 11.0. The minimum absolute atomic E-state index is 0.0119. The number of hydrogen-bond acceptors (Lipinski definition) is 4. The van der Waals surface area contributed by atoms with Crippen molar-refractivity contribution in [2.24, 2.45) is 0 Å². The molecule has 0 spiro atoms. The average Bonchev–Trinajstić information content (AvgIpc) is 2.59. The van der Waals surface area contributed by atoms with Crippen LogP contribution in [-0.4, -0.2) is 22.6 Å². The SMILES string of the molecule is CCCC(=O)OC(CCCCCCCC(=O)Cl)CCCCCCCC(=O)Cl. The van der Waals surface area contributed by atoms with Gasteiger partial charge in [0.25, 0.3) is 0 Å². The van der Waals surface area contributed by atoms with Gasteiger partial charge in [0.2, 0.25) is 10.5 Å². The molecule has 4 nitrogen and oxygen atoms in total. The van der Waals surface area contributed by atoms with Gasteiger partial charge in [0, 0.05) is 19.3 Å². The number of carbonyl (C=O) groups is 3. The number of esters is 1. The second-order valence-corrected chi connectivity index (χ2v) is 8.03. The Labute approximate surface area is 174 Å². The lowest BCUT2D eigenvalue weighted by Crippen LogP contribution is -2.18. The number of ether oxygens (including phenoxy) is 1. The molecule has 0 heterocycles. The molecular weight excluding hydrogens is 387 g/mol. The highest BCUT2D eigenvalue weighted by Crippen LogP contribution is 2.18. The Hall–Kier alpha value is -0.610. The first kappa shape index (κ1) is 26.4. The van der Waals surface area contributed by atoms with Crippen LogP contribution >= 0.6 is 23.2 Å². The maximum absolute atomic E-state index is 11.8. The molecule has 0 aromatic heterocycles. The molecule has 0 aliphatic rings. The first-order chi connectivity index (χ1) is 13.0. The monoisotopic (exact) mass is 422 g/mol. The van der Waals surface area contributed by atoms with Crippen molar-refractivity contribution in [3.8, 4) is 0 Å². The van der Waals surface area contributed by atoms with Crippen LogP contribution in [0.15, 0.2) is 0 Å². The molecule has 27 heavy (non-hydrogen) atoms. The fourth-order valence-electron chi connectivity index (χ4n) is 3.04. The number of hydrogen-bond donors (Lipinski definition) is 0. The van der Waals surface area contributed by atoms with Crippen LogP contribution < -0.4 is 0 Å². The zero-order chi connectivity index (χ0) is 20.3. The van der Waals surface area contributed by atoms with Gasteiger partial charge >= 0.3 is 5.97 Å². The molecule has 0 aliphatic carbocycles. The summed E-state index contributed by atoms with van der Waals surface area (Å²) in [6, 6.07) is 0. The van der Waals surface area contributed by atoms with Crippen LogP contribution in [0.5, 0.6) is 0 Å². The lowest BCUT2D eigenvalue weighted by molar-refractivity contribution is -0.149. The third-order valence-electron chi connectivity index (χ3n) is 4.55. The molecule has 0 aliphatic heterocycles. The molecule has 0 radical (unpaired) electrons. The molecule has 6 heteroatoms. The van der Waals surface area contributed by atoms with Gasteiger partial charge in [-0.2, -0.15) is 0 Å². The number of rotatable bonds is 19. The highest BCUT2D eigenvalue weighted by molar-refractivity contribution is 6.63. The van der Waals surface area contributed by atoms with Crippen LogP contribution in [0.4, 0.5) is 0 Å². The van der Waals surface area contributed by atoms with Gasteiger partial charge in [-0.1, -0.05) is 45.4 Å². The Morgan fingerprint density at radius 3 is 1.48 bits per heavy atom.